The SMILES string of the molecule is CCNCC(c1cccs1)N(C)C. The quantitative estimate of drug-likeness (QED) is 0.778. The summed E-state index contributed by atoms with van der Waals surface area (Å²) in [5, 5.41) is 5.52. The molecule has 0 saturated carbocycles. The third kappa shape index (κ3) is 3.10. The Morgan fingerprint density at radius 2 is 2.31 bits per heavy atom. The van der Waals surface area contributed by atoms with Gasteiger partial charge in [0.25, 0.3) is 0 Å². The standard InChI is InChI=1S/C10H18N2S/c1-4-11-8-9(12(2)3)10-6-5-7-13-10/h5-7,9,11H,4,8H2,1-3H3. The molecule has 0 amide bonds. The Morgan fingerprint density at radius 3 is 2.77 bits per heavy atom. The van der Waals surface area contributed by atoms with Crippen LogP contribution in [0.3, 0.4) is 0 Å². The van der Waals surface area contributed by atoms with Crippen molar-refractivity contribution in [1.82, 2.24) is 10.2 Å². The van der Waals surface area contributed by atoms with Crippen LogP contribution in [0.25, 0.3) is 0 Å². The van der Waals surface area contributed by atoms with E-state index in [4.69, 9.17) is 0 Å². The molecule has 1 unspecified atom stereocenters. The molecule has 0 bridgehead atoms. The Labute approximate surface area is 84.6 Å². The van der Waals surface area contributed by atoms with E-state index in [1.54, 1.807) is 0 Å². The van der Waals surface area contributed by atoms with Gasteiger partial charge in [-0.05, 0) is 32.1 Å². The molecule has 0 saturated heterocycles. The van der Waals surface area contributed by atoms with Crippen molar-refractivity contribution in [3.63, 3.8) is 0 Å². The van der Waals surface area contributed by atoms with Crippen molar-refractivity contribution in [3.05, 3.63) is 22.4 Å². The Kier molecular flexibility index (Phi) is 4.42. The first-order valence-electron chi connectivity index (χ1n) is 4.66. The van der Waals surface area contributed by atoms with Gasteiger partial charge in [-0.25, -0.2) is 0 Å². The number of nitrogens with zero attached hydrogens (tertiary/aromatic N) is 1. The van der Waals surface area contributed by atoms with Gasteiger partial charge in [-0.2, -0.15) is 0 Å². The summed E-state index contributed by atoms with van der Waals surface area (Å²) in [5.74, 6) is 0. The van der Waals surface area contributed by atoms with E-state index in [9.17, 15) is 0 Å². The zero-order chi connectivity index (χ0) is 9.68. The van der Waals surface area contributed by atoms with Crippen molar-refractivity contribution < 1.29 is 0 Å². The van der Waals surface area contributed by atoms with E-state index in [2.05, 4.69) is 48.7 Å². The molecule has 1 aromatic heterocycles. The molecule has 0 aromatic carbocycles. The second-order valence-corrected chi connectivity index (χ2v) is 4.28. The summed E-state index contributed by atoms with van der Waals surface area (Å²) in [4.78, 5) is 3.69. The summed E-state index contributed by atoms with van der Waals surface area (Å²) in [6.07, 6.45) is 0. The highest BCUT2D eigenvalue weighted by molar-refractivity contribution is 7.10. The molecule has 0 radical (unpaired) electrons. The molecule has 1 atom stereocenters. The van der Waals surface area contributed by atoms with Crippen LogP contribution in [-0.4, -0.2) is 32.1 Å². The first-order valence-corrected chi connectivity index (χ1v) is 5.54. The molecular formula is C10H18N2S. The molecule has 1 heterocycles. The summed E-state index contributed by atoms with van der Waals surface area (Å²) in [7, 11) is 4.25. The highest BCUT2D eigenvalue weighted by atomic mass is 32.1. The Balaban J connectivity index is 2.58. The lowest BCUT2D eigenvalue weighted by Gasteiger charge is -2.23. The van der Waals surface area contributed by atoms with Gasteiger partial charge in [0.2, 0.25) is 0 Å². The third-order valence-corrected chi connectivity index (χ3v) is 3.06. The fourth-order valence-corrected chi connectivity index (χ4v) is 2.22. The smallest absolute Gasteiger partial charge is 0.0561 e. The van der Waals surface area contributed by atoms with Crippen molar-refractivity contribution in [2.75, 3.05) is 27.2 Å². The summed E-state index contributed by atoms with van der Waals surface area (Å²) in [5.41, 5.74) is 0. The van der Waals surface area contributed by atoms with Crippen LogP contribution in [0.1, 0.15) is 17.8 Å². The predicted octanol–water partition coefficient (Wildman–Crippen LogP) is 1.96. The molecule has 13 heavy (non-hydrogen) atoms. The van der Waals surface area contributed by atoms with E-state index in [0.717, 1.165) is 13.1 Å². The maximum absolute atomic E-state index is 3.38. The second-order valence-electron chi connectivity index (χ2n) is 3.30. The summed E-state index contributed by atoms with van der Waals surface area (Å²) >= 11 is 1.83. The van der Waals surface area contributed by atoms with Crippen molar-refractivity contribution in [2.24, 2.45) is 0 Å². The zero-order valence-electron chi connectivity index (χ0n) is 8.58. The molecule has 74 valence electrons. The highest BCUT2D eigenvalue weighted by Gasteiger charge is 2.13. The van der Waals surface area contributed by atoms with Gasteiger partial charge < -0.3 is 10.2 Å². The average Bonchev–Trinajstić information content (AvgIpc) is 2.57. The minimum Gasteiger partial charge on any atom is -0.315 e. The van der Waals surface area contributed by atoms with Gasteiger partial charge in [-0.3, -0.25) is 0 Å². The van der Waals surface area contributed by atoms with E-state index in [-0.39, 0.29) is 0 Å². The minimum atomic E-state index is 0.514. The van der Waals surface area contributed by atoms with Crippen LogP contribution in [0.15, 0.2) is 17.5 Å². The number of hydrogen-bond acceptors (Lipinski definition) is 3. The Hall–Kier alpha value is -0.380. The zero-order valence-corrected chi connectivity index (χ0v) is 9.40. The monoisotopic (exact) mass is 198 g/mol. The largest absolute Gasteiger partial charge is 0.315 e. The van der Waals surface area contributed by atoms with Crippen molar-refractivity contribution >= 4 is 11.3 Å². The molecular weight excluding hydrogens is 180 g/mol. The van der Waals surface area contributed by atoms with Crippen LogP contribution in [0, 0.1) is 0 Å². The highest BCUT2D eigenvalue weighted by Crippen LogP contribution is 2.21. The molecule has 0 aliphatic rings. The van der Waals surface area contributed by atoms with E-state index in [0.29, 0.717) is 6.04 Å². The van der Waals surface area contributed by atoms with Gasteiger partial charge in [0.05, 0.1) is 6.04 Å². The Morgan fingerprint density at radius 1 is 1.54 bits per heavy atom. The second kappa shape index (κ2) is 5.37. The van der Waals surface area contributed by atoms with E-state index in [1.807, 2.05) is 11.3 Å². The number of hydrogen-bond donors (Lipinski definition) is 1. The summed E-state index contributed by atoms with van der Waals surface area (Å²) < 4.78 is 0. The predicted molar refractivity (Wildman–Crippen MR) is 59.3 cm³/mol. The molecule has 0 aliphatic carbocycles. The first kappa shape index (κ1) is 10.7. The lowest BCUT2D eigenvalue weighted by Crippen LogP contribution is -2.30. The van der Waals surface area contributed by atoms with E-state index >= 15 is 0 Å². The number of thiophene rings is 1. The Bertz CT molecular complexity index is 219. The molecule has 0 spiro atoms. The average molecular weight is 198 g/mol. The molecule has 1 aromatic rings. The van der Waals surface area contributed by atoms with Gasteiger partial charge in [0.15, 0.2) is 0 Å². The van der Waals surface area contributed by atoms with Gasteiger partial charge >= 0.3 is 0 Å². The van der Waals surface area contributed by atoms with Gasteiger partial charge in [-0.1, -0.05) is 13.0 Å². The van der Waals surface area contributed by atoms with Crippen LogP contribution in [0.5, 0.6) is 0 Å². The lowest BCUT2D eigenvalue weighted by molar-refractivity contribution is 0.294. The maximum Gasteiger partial charge on any atom is 0.0561 e. The van der Waals surface area contributed by atoms with E-state index < -0.39 is 0 Å². The van der Waals surface area contributed by atoms with Crippen molar-refractivity contribution in [1.29, 1.82) is 0 Å². The molecule has 1 N–H and O–H groups in total. The van der Waals surface area contributed by atoms with Gasteiger partial charge in [0.1, 0.15) is 0 Å². The normalized spacial score (nSPS) is 13.5. The number of rotatable bonds is 5. The first-order chi connectivity index (χ1) is 6.25. The lowest BCUT2D eigenvalue weighted by atomic mass is 10.2. The van der Waals surface area contributed by atoms with Crippen LogP contribution in [0.4, 0.5) is 0 Å². The molecule has 1 rings (SSSR count). The van der Waals surface area contributed by atoms with Gasteiger partial charge in [-0.15, -0.1) is 11.3 Å². The number of likely N-dealkylation sites (N-methyl/N-ethyl adjacent to an activating group) is 2. The fraction of sp³-hybridized carbons (Fsp3) is 0.600. The maximum atomic E-state index is 3.38. The summed E-state index contributed by atoms with van der Waals surface area (Å²) in [6.45, 7) is 4.21. The van der Waals surface area contributed by atoms with Gasteiger partial charge in [0, 0.05) is 11.4 Å². The van der Waals surface area contributed by atoms with Crippen molar-refractivity contribution in [3.8, 4) is 0 Å². The molecule has 2 nitrogen and oxygen atoms in total. The van der Waals surface area contributed by atoms with Crippen molar-refractivity contribution in [2.45, 2.75) is 13.0 Å². The third-order valence-electron chi connectivity index (χ3n) is 2.08. The molecule has 0 fully saturated rings. The van der Waals surface area contributed by atoms with Crippen LogP contribution in [0.2, 0.25) is 0 Å². The minimum absolute atomic E-state index is 0.514. The molecule has 0 aliphatic heterocycles. The number of nitrogens with one attached hydrogen (secondary N) is 1. The fourth-order valence-electron chi connectivity index (χ4n) is 1.30. The summed E-state index contributed by atoms with van der Waals surface area (Å²) in [6, 6.07) is 4.83. The topological polar surface area (TPSA) is 15.3 Å². The van der Waals surface area contributed by atoms with Crippen LogP contribution < -0.4 is 5.32 Å². The van der Waals surface area contributed by atoms with Crippen LogP contribution in [-0.2, 0) is 0 Å². The molecule has 3 heteroatoms. The van der Waals surface area contributed by atoms with E-state index in [1.165, 1.54) is 4.88 Å². The van der Waals surface area contributed by atoms with Crippen LogP contribution >= 0.6 is 11.3 Å².